The van der Waals surface area contributed by atoms with Crippen molar-refractivity contribution in [2.45, 2.75) is 27.3 Å². The molecule has 0 radical (unpaired) electrons. The molecule has 1 amide bonds. The smallest absolute Gasteiger partial charge is 0.270 e. The Kier molecular flexibility index (Phi) is 6.05. The van der Waals surface area contributed by atoms with Crippen LogP contribution in [0.1, 0.15) is 34.3 Å². The van der Waals surface area contributed by atoms with Crippen LogP contribution in [0.15, 0.2) is 65.1 Å². The number of para-hydroxylation sites is 2. The predicted molar refractivity (Wildman–Crippen MR) is 135 cm³/mol. The zero-order valence-corrected chi connectivity index (χ0v) is 20.1. The average molecular weight is 458 g/mol. The minimum Gasteiger partial charge on any atom is -0.492 e. The molecular weight excluding hydrogens is 426 g/mol. The Labute approximate surface area is 200 Å². The summed E-state index contributed by atoms with van der Waals surface area (Å²) in [4.78, 5) is 17.9. The molecule has 34 heavy (non-hydrogen) atoms. The molecule has 2 aromatic heterocycles. The second-order valence-electron chi connectivity index (χ2n) is 8.83. The van der Waals surface area contributed by atoms with Crippen molar-refractivity contribution in [3.05, 3.63) is 83.2 Å². The number of benzene rings is 2. The molecule has 1 saturated heterocycles. The minimum atomic E-state index is 0.0513. The standard InChI is InChI=1S/C28H31N3O3/c1-4-33-26-12-8-7-11-23(26)29-13-15-30(16-14-29)28(32)25-18-27-24(17-21(3)34-27)31(25)19-22-10-6-5-9-20(22)2/h5-12,17-18H,4,13-16,19H2,1-3H3. The molecule has 176 valence electrons. The molecule has 5 rings (SSSR count). The third-order valence-corrected chi connectivity index (χ3v) is 6.59. The molecule has 0 bridgehead atoms. The van der Waals surface area contributed by atoms with Crippen LogP contribution in [-0.4, -0.2) is 48.2 Å². The summed E-state index contributed by atoms with van der Waals surface area (Å²) in [6.45, 7) is 10.2. The number of carbonyl (C=O) groups is 1. The summed E-state index contributed by atoms with van der Waals surface area (Å²) >= 11 is 0. The molecule has 1 aliphatic rings. The third-order valence-electron chi connectivity index (χ3n) is 6.59. The number of nitrogens with zero attached hydrogens (tertiary/aromatic N) is 3. The summed E-state index contributed by atoms with van der Waals surface area (Å²) in [6.07, 6.45) is 0. The van der Waals surface area contributed by atoms with E-state index in [1.807, 2.05) is 61.2 Å². The van der Waals surface area contributed by atoms with E-state index in [1.165, 1.54) is 11.1 Å². The van der Waals surface area contributed by atoms with E-state index in [2.05, 4.69) is 34.6 Å². The van der Waals surface area contributed by atoms with Gasteiger partial charge in [0.15, 0.2) is 5.58 Å². The number of aromatic nitrogens is 1. The Morgan fingerprint density at radius 1 is 0.971 bits per heavy atom. The van der Waals surface area contributed by atoms with Crippen molar-refractivity contribution in [1.82, 2.24) is 9.47 Å². The third kappa shape index (κ3) is 4.16. The maximum atomic E-state index is 13.7. The molecular formula is C28H31N3O3. The van der Waals surface area contributed by atoms with Crippen LogP contribution in [0.25, 0.3) is 11.1 Å². The molecule has 4 aromatic rings. The number of piperazine rings is 1. The van der Waals surface area contributed by atoms with E-state index in [9.17, 15) is 4.79 Å². The summed E-state index contributed by atoms with van der Waals surface area (Å²) in [5.74, 6) is 1.80. The number of amides is 1. The first-order chi connectivity index (χ1) is 16.5. The highest BCUT2D eigenvalue weighted by Crippen LogP contribution is 2.30. The molecule has 0 atom stereocenters. The van der Waals surface area contributed by atoms with Crippen molar-refractivity contribution in [3.63, 3.8) is 0 Å². The van der Waals surface area contributed by atoms with Crippen LogP contribution in [0.3, 0.4) is 0 Å². The van der Waals surface area contributed by atoms with Gasteiger partial charge < -0.3 is 23.5 Å². The highest BCUT2D eigenvalue weighted by molar-refractivity contribution is 5.98. The highest BCUT2D eigenvalue weighted by atomic mass is 16.5. The maximum absolute atomic E-state index is 13.7. The summed E-state index contributed by atoms with van der Waals surface area (Å²) in [6, 6.07) is 20.4. The van der Waals surface area contributed by atoms with Gasteiger partial charge in [-0.3, -0.25) is 4.79 Å². The molecule has 0 unspecified atom stereocenters. The molecule has 0 saturated carbocycles. The Morgan fingerprint density at radius 2 is 1.71 bits per heavy atom. The van der Waals surface area contributed by atoms with Gasteiger partial charge in [0, 0.05) is 44.9 Å². The molecule has 1 aliphatic heterocycles. The van der Waals surface area contributed by atoms with Crippen LogP contribution < -0.4 is 9.64 Å². The van der Waals surface area contributed by atoms with Crippen LogP contribution in [0.2, 0.25) is 0 Å². The van der Waals surface area contributed by atoms with Crippen LogP contribution in [-0.2, 0) is 6.54 Å². The van der Waals surface area contributed by atoms with E-state index in [0.717, 1.165) is 41.4 Å². The van der Waals surface area contributed by atoms with E-state index in [-0.39, 0.29) is 5.91 Å². The largest absolute Gasteiger partial charge is 0.492 e. The lowest BCUT2D eigenvalue weighted by atomic mass is 10.1. The zero-order chi connectivity index (χ0) is 23.7. The Bertz CT molecular complexity index is 1310. The van der Waals surface area contributed by atoms with Gasteiger partial charge in [0.25, 0.3) is 5.91 Å². The first-order valence-electron chi connectivity index (χ1n) is 12.0. The topological polar surface area (TPSA) is 50.9 Å². The SMILES string of the molecule is CCOc1ccccc1N1CCN(C(=O)c2cc3oc(C)cc3n2Cc2ccccc2C)CC1. The van der Waals surface area contributed by atoms with Gasteiger partial charge in [-0.2, -0.15) is 0 Å². The number of furan rings is 1. The van der Waals surface area contributed by atoms with Crippen molar-refractivity contribution in [2.75, 3.05) is 37.7 Å². The lowest BCUT2D eigenvalue weighted by molar-refractivity contribution is 0.0736. The minimum absolute atomic E-state index is 0.0513. The van der Waals surface area contributed by atoms with Crippen molar-refractivity contribution < 1.29 is 13.9 Å². The summed E-state index contributed by atoms with van der Waals surface area (Å²) in [5.41, 5.74) is 5.91. The van der Waals surface area contributed by atoms with Gasteiger partial charge in [0.2, 0.25) is 0 Å². The van der Waals surface area contributed by atoms with Crippen molar-refractivity contribution >= 4 is 22.7 Å². The number of ether oxygens (including phenoxy) is 1. The van der Waals surface area contributed by atoms with Crippen LogP contribution in [0, 0.1) is 13.8 Å². The second-order valence-corrected chi connectivity index (χ2v) is 8.83. The number of aryl methyl sites for hydroxylation is 2. The fourth-order valence-electron chi connectivity index (χ4n) is 4.78. The molecule has 1 fully saturated rings. The number of fused-ring (bicyclic) bond motifs is 1. The number of hydrogen-bond acceptors (Lipinski definition) is 4. The van der Waals surface area contributed by atoms with Gasteiger partial charge >= 0.3 is 0 Å². The van der Waals surface area contributed by atoms with Crippen molar-refractivity contribution in [3.8, 4) is 5.75 Å². The summed E-state index contributed by atoms with van der Waals surface area (Å²) in [5, 5.41) is 0. The number of hydrogen-bond donors (Lipinski definition) is 0. The van der Waals surface area contributed by atoms with E-state index in [1.54, 1.807) is 0 Å². The summed E-state index contributed by atoms with van der Waals surface area (Å²) < 4.78 is 13.8. The van der Waals surface area contributed by atoms with Gasteiger partial charge in [0.05, 0.1) is 17.8 Å². The Hall–Kier alpha value is -3.67. The lowest BCUT2D eigenvalue weighted by Crippen LogP contribution is -2.49. The summed E-state index contributed by atoms with van der Waals surface area (Å²) in [7, 11) is 0. The Morgan fingerprint density at radius 3 is 2.47 bits per heavy atom. The fourth-order valence-corrected chi connectivity index (χ4v) is 4.78. The average Bonchev–Trinajstić information content (AvgIpc) is 3.37. The highest BCUT2D eigenvalue weighted by Gasteiger charge is 2.27. The van der Waals surface area contributed by atoms with Gasteiger partial charge in [0.1, 0.15) is 17.2 Å². The molecule has 0 N–H and O–H groups in total. The molecule has 0 spiro atoms. The molecule has 3 heterocycles. The number of anilines is 1. The molecule has 6 heteroatoms. The quantitative estimate of drug-likeness (QED) is 0.396. The number of carbonyl (C=O) groups excluding carboxylic acids is 1. The van der Waals surface area contributed by atoms with E-state index in [0.29, 0.717) is 31.9 Å². The maximum Gasteiger partial charge on any atom is 0.270 e. The van der Waals surface area contributed by atoms with E-state index < -0.39 is 0 Å². The van der Waals surface area contributed by atoms with Crippen LogP contribution in [0.5, 0.6) is 5.75 Å². The van der Waals surface area contributed by atoms with Gasteiger partial charge in [-0.15, -0.1) is 0 Å². The number of rotatable bonds is 6. The van der Waals surface area contributed by atoms with Gasteiger partial charge in [-0.1, -0.05) is 36.4 Å². The fraction of sp³-hybridized carbons (Fsp3) is 0.321. The Balaban J connectivity index is 1.38. The van der Waals surface area contributed by atoms with E-state index in [4.69, 9.17) is 9.15 Å². The van der Waals surface area contributed by atoms with E-state index >= 15 is 0 Å². The monoisotopic (exact) mass is 457 g/mol. The zero-order valence-electron chi connectivity index (χ0n) is 20.1. The first kappa shape index (κ1) is 22.1. The van der Waals surface area contributed by atoms with Gasteiger partial charge in [-0.05, 0) is 44.0 Å². The predicted octanol–water partition coefficient (Wildman–Crippen LogP) is 5.26. The first-order valence-corrected chi connectivity index (χ1v) is 12.0. The normalized spacial score (nSPS) is 14.1. The van der Waals surface area contributed by atoms with Gasteiger partial charge in [-0.25, -0.2) is 0 Å². The molecule has 6 nitrogen and oxygen atoms in total. The van der Waals surface area contributed by atoms with Crippen molar-refractivity contribution in [2.24, 2.45) is 0 Å². The lowest BCUT2D eigenvalue weighted by Gasteiger charge is -2.36. The second kappa shape index (κ2) is 9.29. The molecule has 0 aliphatic carbocycles. The van der Waals surface area contributed by atoms with Crippen LogP contribution >= 0.6 is 0 Å². The van der Waals surface area contributed by atoms with Crippen LogP contribution in [0.4, 0.5) is 5.69 Å². The molecule has 2 aromatic carbocycles. The van der Waals surface area contributed by atoms with Crippen molar-refractivity contribution in [1.29, 1.82) is 0 Å².